The lowest BCUT2D eigenvalue weighted by Gasteiger charge is -2.07. The molecule has 0 spiro atoms. The van der Waals surface area contributed by atoms with Gasteiger partial charge in [0.15, 0.2) is 0 Å². The number of hydrogen-bond acceptors (Lipinski definition) is 3. The fourth-order valence-corrected chi connectivity index (χ4v) is 1.81. The first-order valence-electron chi connectivity index (χ1n) is 6.18. The van der Waals surface area contributed by atoms with E-state index in [1.54, 1.807) is 25.1 Å². The van der Waals surface area contributed by atoms with E-state index in [1.165, 1.54) is 0 Å². The van der Waals surface area contributed by atoms with Crippen LogP contribution in [0.2, 0.25) is 0 Å². The van der Waals surface area contributed by atoms with Gasteiger partial charge in [0.1, 0.15) is 11.3 Å². The molecule has 2 rings (SSSR count). The van der Waals surface area contributed by atoms with Crippen LogP contribution in [0.5, 0.6) is 5.75 Å². The van der Waals surface area contributed by atoms with Crippen molar-refractivity contribution in [3.63, 3.8) is 0 Å². The first kappa shape index (κ1) is 13.1. The first-order valence-corrected chi connectivity index (χ1v) is 6.18. The Bertz CT molecular complexity index is 561. The van der Waals surface area contributed by atoms with Crippen LogP contribution in [0.15, 0.2) is 48.5 Å². The largest absolute Gasteiger partial charge is 0.507 e. The predicted molar refractivity (Wildman–Crippen MR) is 73.3 cm³/mol. The summed E-state index contributed by atoms with van der Waals surface area (Å²) < 4.78 is 5.17. The molecular weight excluding hydrogens is 240 g/mol. The van der Waals surface area contributed by atoms with E-state index in [2.05, 4.69) is 0 Å². The molecule has 0 aliphatic carbocycles. The van der Waals surface area contributed by atoms with Crippen LogP contribution in [0.25, 0.3) is 0 Å². The number of ether oxygens (including phenoxy) is 1. The number of esters is 1. The maximum atomic E-state index is 11.8. The minimum absolute atomic E-state index is 0.00721. The van der Waals surface area contributed by atoms with E-state index in [1.807, 2.05) is 30.3 Å². The molecule has 2 aromatic carbocycles. The van der Waals surface area contributed by atoms with E-state index in [0.29, 0.717) is 18.6 Å². The fourth-order valence-electron chi connectivity index (χ4n) is 1.81. The van der Waals surface area contributed by atoms with E-state index < -0.39 is 5.97 Å². The van der Waals surface area contributed by atoms with Crippen LogP contribution < -0.4 is 0 Å². The normalized spacial score (nSPS) is 10.2. The minimum Gasteiger partial charge on any atom is -0.507 e. The van der Waals surface area contributed by atoms with E-state index in [0.717, 1.165) is 5.56 Å². The van der Waals surface area contributed by atoms with E-state index in [9.17, 15) is 9.90 Å². The van der Waals surface area contributed by atoms with Gasteiger partial charge < -0.3 is 9.84 Å². The Morgan fingerprint density at radius 1 is 1.11 bits per heavy atom. The molecule has 19 heavy (non-hydrogen) atoms. The Morgan fingerprint density at radius 3 is 2.58 bits per heavy atom. The number of phenolic OH excluding ortho intramolecular Hbond substituents is 1. The number of benzene rings is 2. The molecule has 0 fully saturated rings. The second kappa shape index (κ2) is 6.05. The van der Waals surface area contributed by atoms with Crippen LogP contribution >= 0.6 is 0 Å². The van der Waals surface area contributed by atoms with Crippen LogP contribution in [0, 0.1) is 6.92 Å². The lowest BCUT2D eigenvalue weighted by atomic mass is 10.1. The van der Waals surface area contributed by atoms with Gasteiger partial charge in [-0.2, -0.15) is 0 Å². The van der Waals surface area contributed by atoms with Crippen LogP contribution in [0.3, 0.4) is 0 Å². The molecule has 0 aliphatic heterocycles. The summed E-state index contributed by atoms with van der Waals surface area (Å²) >= 11 is 0. The third-order valence-corrected chi connectivity index (χ3v) is 2.92. The number of rotatable bonds is 4. The number of aromatic hydroxyl groups is 1. The molecule has 0 bridgehead atoms. The molecule has 2 aromatic rings. The van der Waals surface area contributed by atoms with E-state index in [-0.39, 0.29) is 11.3 Å². The molecule has 0 atom stereocenters. The van der Waals surface area contributed by atoms with E-state index >= 15 is 0 Å². The van der Waals surface area contributed by atoms with Gasteiger partial charge in [-0.1, -0.05) is 42.5 Å². The van der Waals surface area contributed by atoms with Crippen molar-refractivity contribution in [3.8, 4) is 5.75 Å². The van der Waals surface area contributed by atoms with Crippen molar-refractivity contribution in [2.75, 3.05) is 6.61 Å². The van der Waals surface area contributed by atoms with Gasteiger partial charge in [0.25, 0.3) is 0 Å². The second-order valence-corrected chi connectivity index (χ2v) is 4.34. The van der Waals surface area contributed by atoms with Gasteiger partial charge in [-0.15, -0.1) is 0 Å². The van der Waals surface area contributed by atoms with Crippen molar-refractivity contribution in [1.29, 1.82) is 0 Å². The molecule has 0 saturated carbocycles. The number of para-hydroxylation sites is 1. The Balaban J connectivity index is 1.93. The van der Waals surface area contributed by atoms with Crippen molar-refractivity contribution >= 4 is 5.97 Å². The lowest BCUT2D eigenvalue weighted by Crippen LogP contribution is -2.08. The van der Waals surface area contributed by atoms with Crippen LogP contribution in [0.4, 0.5) is 0 Å². The summed E-state index contributed by atoms with van der Waals surface area (Å²) in [6, 6.07) is 14.8. The maximum absolute atomic E-state index is 11.8. The van der Waals surface area contributed by atoms with Gasteiger partial charge >= 0.3 is 5.97 Å². The zero-order valence-electron chi connectivity index (χ0n) is 10.8. The number of phenols is 1. The van der Waals surface area contributed by atoms with E-state index in [4.69, 9.17) is 4.74 Å². The molecule has 1 N–H and O–H groups in total. The van der Waals surface area contributed by atoms with Gasteiger partial charge in [0.2, 0.25) is 0 Å². The van der Waals surface area contributed by atoms with Gasteiger partial charge in [-0.3, -0.25) is 0 Å². The number of hydrogen-bond donors (Lipinski definition) is 1. The highest BCUT2D eigenvalue weighted by atomic mass is 16.5. The topological polar surface area (TPSA) is 46.5 Å². The first-order chi connectivity index (χ1) is 9.18. The Hall–Kier alpha value is -2.29. The highest BCUT2D eigenvalue weighted by Gasteiger charge is 2.13. The summed E-state index contributed by atoms with van der Waals surface area (Å²) in [5, 5.41) is 9.78. The minimum atomic E-state index is -0.489. The Morgan fingerprint density at radius 2 is 1.84 bits per heavy atom. The molecule has 3 heteroatoms. The highest BCUT2D eigenvalue weighted by Crippen LogP contribution is 2.22. The SMILES string of the molecule is Cc1cccc(C(=O)OCCc2ccccc2)c1O. The number of aryl methyl sites for hydroxylation is 1. The number of carbonyl (C=O) groups is 1. The zero-order valence-corrected chi connectivity index (χ0v) is 10.8. The molecular formula is C16H16O3. The summed E-state index contributed by atoms with van der Waals surface area (Å²) in [6.07, 6.45) is 0.666. The van der Waals surface area contributed by atoms with Crippen LogP contribution in [0.1, 0.15) is 21.5 Å². The molecule has 3 nitrogen and oxygen atoms in total. The number of carbonyl (C=O) groups excluding carboxylic acids is 1. The molecule has 0 saturated heterocycles. The summed E-state index contributed by atoms with van der Waals surface area (Å²) in [5.41, 5.74) is 1.99. The average molecular weight is 256 g/mol. The van der Waals surface area contributed by atoms with Crippen molar-refractivity contribution in [1.82, 2.24) is 0 Å². The molecule has 0 radical (unpaired) electrons. The van der Waals surface area contributed by atoms with Crippen molar-refractivity contribution < 1.29 is 14.6 Å². The van der Waals surface area contributed by atoms with Gasteiger partial charge in [0.05, 0.1) is 6.61 Å². The van der Waals surface area contributed by atoms with Gasteiger partial charge in [-0.05, 0) is 24.1 Å². The quantitative estimate of drug-likeness (QED) is 0.855. The summed E-state index contributed by atoms with van der Waals surface area (Å²) in [5.74, 6) is -0.496. The lowest BCUT2D eigenvalue weighted by molar-refractivity contribution is 0.0506. The van der Waals surface area contributed by atoms with Crippen molar-refractivity contribution in [2.45, 2.75) is 13.3 Å². The fraction of sp³-hybridized carbons (Fsp3) is 0.188. The third-order valence-electron chi connectivity index (χ3n) is 2.92. The molecule has 0 aromatic heterocycles. The smallest absolute Gasteiger partial charge is 0.341 e. The van der Waals surface area contributed by atoms with Crippen LogP contribution in [-0.2, 0) is 11.2 Å². The zero-order chi connectivity index (χ0) is 13.7. The molecule has 0 aliphatic rings. The van der Waals surface area contributed by atoms with Gasteiger partial charge in [0, 0.05) is 6.42 Å². The third kappa shape index (κ3) is 3.35. The molecule has 0 amide bonds. The molecule has 0 unspecified atom stereocenters. The maximum Gasteiger partial charge on any atom is 0.341 e. The summed E-state index contributed by atoms with van der Waals surface area (Å²) in [6.45, 7) is 2.05. The second-order valence-electron chi connectivity index (χ2n) is 4.34. The van der Waals surface area contributed by atoms with Gasteiger partial charge in [-0.25, -0.2) is 4.79 Å². The standard InChI is InChI=1S/C16H16O3/c1-12-6-5-9-14(15(12)17)16(18)19-11-10-13-7-3-2-4-8-13/h2-9,17H,10-11H2,1H3. The summed E-state index contributed by atoms with van der Waals surface area (Å²) in [4.78, 5) is 11.8. The summed E-state index contributed by atoms with van der Waals surface area (Å²) in [7, 11) is 0. The van der Waals surface area contributed by atoms with Crippen LogP contribution in [-0.4, -0.2) is 17.7 Å². The highest BCUT2D eigenvalue weighted by molar-refractivity contribution is 5.92. The Kier molecular flexibility index (Phi) is 4.18. The van der Waals surface area contributed by atoms with Crippen molar-refractivity contribution in [3.05, 3.63) is 65.2 Å². The molecule has 98 valence electrons. The molecule has 0 heterocycles. The van der Waals surface area contributed by atoms with Crippen molar-refractivity contribution in [2.24, 2.45) is 0 Å². The monoisotopic (exact) mass is 256 g/mol. The average Bonchev–Trinajstić information content (AvgIpc) is 2.43. The Labute approximate surface area is 112 Å². The predicted octanol–water partition coefficient (Wildman–Crippen LogP) is 3.10.